The minimum Gasteiger partial charge on any atom is -0.368 e. The van der Waals surface area contributed by atoms with Gasteiger partial charge in [0.15, 0.2) is 0 Å². The predicted octanol–water partition coefficient (Wildman–Crippen LogP) is -1.64. The summed E-state index contributed by atoms with van der Waals surface area (Å²) in [6, 6.07) is -0.643. The molecule has 5 nitrogen and oxygen atoms in total. The summed E-state index contributed by atoms with van der Waals surface area (Å²) in [6.07, 6.45) is 0. The highest BCUT2D eigenvalue weighted by Gasteiger charge is 2.09. The molecule has 0 aliphatic rings. The fourth-order valence-electron chi connectivity index (χ4n) is 0.372. The van der Waals surface area contributed by atoms with Crippen LogP contribution in [0.5, 0.6) is 0 Å². The maximum absolute atomic E-state index is 10.5. The van der Waals surface area contributed by atoms with E-state index in [1.807, 2.05) is 0 Å². The zero-order chi connectivity index (χ0) is 8.15. The molecule has 1 atom stereocenters. The Kier molecular flexibility index (Phi) is 6.92. The number of primary amides is 1. The summed E-state index contributed by atoms with van der Waals surface area (Å²) in [7, 11) is 0. The molecule has 0 aromatic heterocycles. The van der Waals surface area contributed by atoms with Gasteiger partial charge in [0.2, 0.25) is 11.8 Å². The molecule has 0 radical (unpaired) electrons. The summed E-state index contributed by atoms with van der Waals surface area (Å²) >= 11 is 0. The second-order valence-electron chi connectivity index (χ2n) is 1.90. The molecule has 0 saturated heterocycles. The average molecular weight is 182 g/mol. The molecule has 0 aliphatic heterocycles. The van der Waals surface area contributed by atoms with Crippen LogP contribution in [0.4, 0.5) is 0 Å². The van der Waals surface area contributed by atoms with E-state index >= 15 is 0 Å². The Balaban J connectivity index is 0. The van der Waals surface area contributed by atoms with Crippen LogP contribution in [0.1, 0.15) is 6.92 Å². The molecule has 0 heterocycles. The second kappa shape index (κ2) is 5.94. The lowest BCUT2D eigenvalue weighted by atomic mass is 10.3. The van der Waals surface area contributed by atoms with E-state index in [0.717, 1.165) is 0 Å². The number of hydrogen-bond donors (Lipinski definition) is 3. The second-order valence-corrected chi connectivity index (χ2v) is 1.90. The molecule has 0 bridgehead atoms. The number of nitrogens with one attached hydrogen (secondary N) is 1. The van der Waals surface area contributed by atoms with Crippen molar-refractivity contribution in [3.05, 3.63) is 0 Å². The Morgan fingerprint density at radius 3 is 2.27 bits per heavy atom. The SMILES string of the molecule is C[C@@H](NC(=O)CN)C(N)=O.Cl. The van der Waals surface area contributed by atoms with Crippen LogP contribution in [-0.4, -0.2) is 24.4 Å². The first kappa shape index (κ1) is 12.8. The standard InChI is InChI=1S/C5H11N3O2.ClH/c1-3(5(7)10)8-4(9)2-6;/h3H,2,6H2,1H3,(H2,7,10)(H,8,9);1H/t3-;/m1./s1. The lowest BCUT2D eigenvalue weighted by molar-refractivity contribution is -0.126. The average Bonchev–Trinajstić information content (AvgIpc) is 1.87. The van der Waals surface area contributed by atoms with Crippen molar-refractivity contribution in [2.75, 3.05) is 6.54 Å². The van der Waals surface area contributed by atoms with Crippen LogP contribution in [-0.2, 0) is 9.59 Å². The van der Waals surface area contributed by atoms with E-state index in [0.29, 0.717) is 0 Å². The van der Waals surface area contributed by atoms with Crippen molar-refractivity contribution in [2.45, 2.75) is 13.0 Å². The van der Waals surface area contributed by atoms with Crippen LogP contribution >= 0.6 is 12.4 Å². The van der Waals surface area contributed by atoms with Gasteiger partial charge in [-0.25, -0.2) is 0 Å². The number of carbonyl (C=O) groups is 2. The van der Waals surface area contributed by atoms with Crippen molar-refractivity contribution in [3.63, 3.8) is 0 Å². The summed E-state index contributed by atoms with van der Waals surface area (Å²) in [4.78, 5) is 20.8. The molecule has 66 valence electrons. The number of rotatable bonds is 3. The largest absolute Gasteiger partial charge is 0.368 e. The zero-order valence-electron chi connectivity index (χ0n) is 6.16. The smallest absolute Gasteiger partial charge is 0.239 e. The van der Waals surface area contributed by atoms with Gasteiger partial charge in [-0.05, 0) is 6.92 Å². The first-order chi connectivity index (χ1) is 4.57. The fourth-order valence-corrected chi connectivity index (χ4v) is 0.372. The quantitative estimate of drug-likeness (QED) is 0.487. The molecular weight excluding hydrogens is 170 g/mol. The summed E-state index contributed by atoms with van der Waals surface area (Å²) < 4.78 is 0. The molecule has 0 saturated carbocycles. The van der Waals surface area contributed by atoms with E-state index in [4.69, 9.17) is 11.5 Å². The van der Waals surface area contributed by atoms with Crippen LogP contribution in [0, 0.1) is 0 Å². The van der Waals surface area contributed by atoms with Crippen LogP contribution in [0.3, 0.4) is 0 Å². The van der Waals surface area contributed by atoms with E-state index < -0.39 is 11.9 Å². The number of halogens is 1. The van der Waals surface area contributed by atoms with Crippen molar-refractivity contribution in [2.24, 2.45) is 11.5 Å². The van der Waals surface area contributed by atoms with Gasteiger partial charge >= 0.3 is 0 Å². The van der Waals surface area contributed by atoms with Gasteiger partial charge in [0.25, 0.3) is 0 Å². The minimum absolute atomic E-state index is 0. The number of nitrogens with two attached hydrogens (primary N) is 2. The van der Waals surface area contributed by atoms with Gasteiger partial charge in [-0.15, -0.1) is 12.4 Å². The molecule has 0 aromatic rings. The molecule has 0 aromatic carbocycles. The van der Waals surface area contributed by atoms with Crippen LogP contribution in [0.15, 0.2) is 0 Å². The Hall–Kier alpha value is -0.810. The Labute approximate surface area is 70.9 Å². The number of carbonyl (C=O) groups excluding carboxylic acids is 2. The van der Waals surface area contributed by atoms with Gasteiger partial charge in [0.1, 0.15) is 6.04 Å². The topological polar surface area (TPSA) is 98.2 Å². The first-order valence-electron chi connectivity index (χ1n) is 2.86. The molecule has 5 N–H and O–H groups in total. The molecule has 0 spiro atoms. The molecule has 0 rings (SSSR count). The van der Waals surface area contributed by atoms with E-state index in [1.165, 1.54) is 6.92 Å². The van der Waals surface area contributed by atoms with Gasteiger partial charge in [-0.1, -0.05) is 0 Å². The van der Waals surface area contributed by atoms with Crippen molar-refractivity contribution in [3.8, 4) is 0 Å². The van der Waals surface area contributed by atoms with Crippen LogP contribution < -0.4 is 16.8 Å². The van der Waals surface area contributed by atoms with E-state index in [-0.39, 0.29) is 24.9 Å². The van der Waals surface area contributed by atoms with Crippen molar-refractivity contribution < 1.29 is 9.59 Å². The Morgan fingerprint density at radius 2 is 2.00 bits per heavy atom. The minimum atomic E-state index is -0.643. The molecular formula is C5H12ClN3O2. The summed E-state index contributed by atoms with van der Waals surface area (Å²) in [5.74, 6) is -0.951. The normalized spacial score (nSPS) is 11.1. The molecule has 2 amide bonds. The Morgan fingerprint density at radius 1 is 1.55 bits per heavy atom. The first-order valence-corrected chi connectivity index (χ1v) is 2.86. The molecule has 6 heteroatoms. The monoisotopic (exact) mass is 181 g/mol. The van der Waals surface area contributed by atoms with Gasteiger partial charge < -0.3 is 16.8 Å². The van der Waals surface area contributed by atoms with Gasteiger partial charge in [0.05, 0.1) is 6.54 Å². The van der Waals surface area contributed by atoms with Gasteiger partial charge in [-0.3, -0.25) is 9.59 Å². The van der Waals surface area contributed by atoms with Crippen molar-refractivity contribution in [1.29, 1.82) is 0 Å². The molecule has 0 aliphatic carbocycles. The maximum Gasteiger partial charge on any atom is 0.239 e. The van der Waals surface area contributed by atoms with Gasteiger partial charge in [-0.2, -0.15) is 0 Å². The van der Waals surface area contributed by atoms with Crippen molar-refractivity contribution >= 4 is 24.2 Å². The maximum atomic E-state index is 10.5. The van der Waals surface area contributed by atoms with E-state index in [9.17, 15) is 9.59 Å². The lowest BCUT2D eigenvalue weighted by Crippen LogP contribution is -2.44. The lowest BCUT2D eigenvalue weighted by Gasteiger charge is -2.07. The van der Waals surface area contributed by atoms with Crippen LogP contribution in [0.2, 0.25) is 0 Å². The fraction of sp³-hybridized carbons (Fsp3) is 0.600. The number of amides is 2. The molecule has 11 heavy (non-hydrogen) atoms. The third-order valence-corrected chi connectivity index (χ3v) is 0.990. The number of hydrogen-bond acceptors (Lipinski definition) is 3. The third-order valence-electron chi connectivity index (χ3n) is 0.990. The Bertz CT molecular complexity index is 151. The summed E-state index contributed by atoms with van der Waals surface area (Å²) in [6.45, 7) is 1.37. The molecule has 0 unspecified atom stereocenters. The summed E-state index contributed by atoms with van der Waals surface area (Å²) in [5.41, 5.74) is 9.80. The molecule has 0 fully saturated rings. The van der Waals surface area contributed by atoms with Crippen LogP contribution in [0.25, 0.3) is 0 Å². The highest BCUT2D eigenvalue weighted by atomic mass is 35.5. The zero-order valence-corrected chi connectivity index (χ0v) is 6.98. The van der Waals surface area contributed by atoms with E-state index in [1.54, 1.807) is 0 Å². The summed E-state index contributed by atoms with van der Waals surface area (Å²) in [5, 5.41) is 2.29. The third kappa shape index (κ3) is 5.63. The van der Waals surface area contributed by atoms with E-state index in [2.05, 4.69) is 5.32 Å². The highest BCUT2D eigenvalue weighted by Crippen LogP contribution is 1.76. The van der Waals surface area contributed by atoms with Gasteiger partial charge in [0, 0.05) is 0 Å². The predicted molar refractivity (Wildman–Crippen MR) is 43.1 cm³/mol. The van der Waals surface area contributed by atoms with Crippen molar-refractivity contribution in [1.82, 2.24) is 5.32 Å². The highest BCUT2D eigenvalue weighted by molar-refractivity contribution is 5.86.